The summed E-state index contributed by atoms with van der Waals surface area (Å²) in [5.41, 5.74) is 1.92. The van der Waals surface area contributed by atoms with Crippen molar-refractivity contribution in [1.82, 2.24) is 9.97 Å². The van der Waals surface area contributed by atoms with E-state index >= 15 is 0 Å². The number of hydrogen-bond donors (Lipinski definition) is 1. The zero-order valence-electron chi connectivity index (χ0n) is 9.21. The number of nitrogens with zero attached hydrogens (tertiary/aromatic N) is 1. The molecule has 88 valence electrons. The van der Waals surface area contributed by atoms with Crippen LogP contribution in [0.15, 0.2) is 47.5 Å². The van der Waals surface area contributed by atoms with E-state index in [4.69, 9.17) is 0 Å². The summed E-state index contributed by atoms with van der Waals surface area (Å²) in [4.78, 5) is 29.9. The van der Waals surface area contributed by atoms with E-state index < -0.39 is 0 Å². The molecule has 0 aliphatic carbocycles. The minimum Gasteiger partial charge on any atom is -0.312 e. The lowest BCUT2D eigenvalue weighted by Gasteiger charge is -2.00. The number of carbonyl (C=O) groups excluding carboxylic acids is 1. The summed E-state index contributed by atoms with van der Waals surface area (Å²) >= 11 is 1.10. The number of carbonyl (C=O) groups is 1. The molecule has 2 aromatic heterocycles. The molecule has 4 nitrogen and oxygen atoms in total. The van der Waals surface area contributed by atoms with Gasteiger partial charge in [0, 0.05) is 23.5 Å². The largest absolute Gasteiger partial charge is 0.312 e. The lowest BCUT2D eigenvalue weighted by atomic mass is 10.0. The molecule has 0 amide bonds. The van der Waals surface area contributed by atoms with Gasteiger partial charge in [0.05, 0.1) is 10.2 Å². The fraction of sp³-hybridized carbons (Fsp3) is 0. The quantitative estimate of drug-likeness (QED) is 0.715. The van der Waals surface area contributed by atoms with Gasteiger partial charge in [0.15, 0.2) is 5.78 Å². The second-order valence-corrected chi connectivity index (χ2v) is 4.81. The third-order valence-electron chi connectivity index (χ3n) is 2.63. The average molecular weight is 256 g/mol. The van der Waals surface area contributed by atoms with Gasteiger partial charge < -0.3 is 4.98 Å². The SMILES string of the molecule is O=C(c1ccncc1)c1ccc2[nH]c(=O)sc2c1. The van der Waals surface area contributed by atoms with Gasteiger partial charge in [0.25, 0.3) is 0 Å². The minimum absolute atomic E-state index is 0.0693. The molecular weight excluding hydrogens is 248 g/mol. The highest BCUT2D eigenvalue weighted by Crippen LogP contribution is 2.18. The van der Waals surface area contributed by atoms with Crippen LogP contribution in [0.5, 0.6) is 0 Å². The van der Waals surface area contributed by atoms with Gasteiger partial charge in [0.1, 0.15) is 0 Å². The fourth-order valence-corrected chi connectivity index (χ4v) is 2.53. The number of rotatable bonds is 2. The summed E-state index contributed by atoms with van der Waals surface area (Å²) in [6, 6.07) is 8.55. The van der Waals surface area contributed by atoms with Crippen LogP contribution in [0.1, 0.15) is 15.9 Å². The summed E-state index contributed by atoms with van der Waals surface area (Å²) in [5.74, 6) is -0.0693. The number of benzene rings is 1. The van der Waals surface area contributed by atoms with Gasteiger partial charge in [-0.25, -0.2) is 0 Å². The molecule has 1 aromatic carbocycles. The van der Waals surface area contributed by atoms with E-state index in [-0.39, 0.29) is 10.7 Å². The van der Waals surface area contributed by atoms with Gasteiger partial charge in [-0.1, -0.05) is 11.3 Å². The Morgan fingerprint density at radius 3 is 2.67 bits per heavy atom. The van der Waals surface area contributed by atoms with E-state index in [1.165, 1.54) is 0 Å². The molecule has 0 saturated heterocycles. The normalized spacial score (nSPS) is 10.7. The maximum absolute atomic E-state index is 12.2. The first kappa shape index (κ1) is 10.9. The minimum atomic E-state index is -0.112. The second kappa shape index (κ2) is 4.19. The molecule has 3 rings (SSSR count). The number of H-pyrrole nitrogens is 1. The van der Waals surface area contributed by atoms with Gasteiger partial charge in [-0.3, -0.25) is 14.6 Å². The predicted octanol–water partition coefficient (Wildman–Crippen LogP) is 2.22. The molecule has 0 radical (unpaired) electrons. The third kappa shape index (κ3) is 1.84. The van der Waals surface area contributed by atoms with E-state index in [0.29, 0.717) is 11.1 Å². The van der Waals surface area contributed by atoms with Crippen LogP contribution in [0.25, 0.3) is 10.2 Å². The number of ketones is 1. The van der Waals surface area contributed by atoms with Crippen molar-refractivity contribution in [2.24, 2.45) is 0 Å². The highest BCUT2D eigenvalue weighted by atomic mass is 32.1. The molecule has 0 aliphatic rings. The Kier molecular flexibility index (Phi) is 2.53. The van der Waals surface area contributed by atoms with E-state index in [0.717, 1.165) is 21.6 Å². The molecule has 0 unspecified atom stereocenters. The molecule has 18 heavy (non-hydrogen) atoms. The molecule has 3 aromatic rings. The smallest absolute Gasteiger partial charge is 0.305 e. The van der Waals surface area contributed by atoms with Crippen LogP contribution in [0, 0.1) is 0 Å². The van der Waals surface area contributed by atoms with Crippen LogP contribution in [-0.4, -0.2) is 15.8 Å². The van der Waals surface area contributed by atoms with E-state index in [1.807, 2.05) is 0 Å². The second-order valence-electron chi connectivity index (χ2n) is 3.79. The highest BCUT2D eigenvalue weighted by molar-refractivity contribution is 7.16. The maximum atomic E-state index is 12.2. The van der Waals surface area contributed by atoms with Crippen molar-refractivity contribution in [3.05, 3.63) is 63.5 Å². The molecule has 0 saturated carbocycles. The van der Waals surface area contributed by atoms with Crippen LogP contribution in [0.4, 0.5) is 0 Å². The molecule has 0 aliphatic heterocycles. The summed E-state index contributed by atoms with van der Waals surface area (Å²) in [6.45, 7) is 0. The Morgan fingerprint density at radius 2 is 1.89 bits per heavy atom. The Balaban J connectivity index is 2.09. The summed E-state index contributed by atoms with van der Waals surface area (Å²) in [5, 5.41) is 0. The van der Waals surface area contributed by atoms with Crippen molar-refractivity contribution >= 4 is 27.3 Å². The number of hydrogen-bond acceptors (Lipinski definition) is 4. The molecule has 5 heteroatoms. The van der Waals surface area contributed by atoms with Crippen LogP contribution < -0.4 is 4.87 Å². The Morgan fingerprint density at radius 1 is 1.11 bits per heavy atom. The average Bonchev–Trinajstić information content (AvgIpc) is 2.78. The molecule has 2 heterocycles. The first-order valence-electron chi connectivity index (χ1n) is 5.31. The molecule has 0 atom stereocenters. The monoisotopic (exact) mass is 256 g/mol. The number of aromatic amines is 1. The molecule has 0 bridgehead atoms. The van der Waals surface area contributed by atoms with Gasteiger partial charge in [-0.15, -0.1) is 0 Å². The third-order valence-corrected chi connectivity index (χ3v) is 3.47. The van der Waals surface area contributed by atoms with Crippen molar-refractivity contribution in [2.75, 3.05) is 0 Å². The summed E-state index contributed by atoms with van der Waals surface area (Å²) in [7, 11) is 0. The van der Waals surface area contributed by atoms with Crippen LogP contribution >= 0.6 is 11.3 Å². The predicted molar refractivity (Wildman–Crippen MR) is 70.1 cm³/mol. The van der Waals surface area contributed by atoms with E-state index in [2.05, 4.69) is 9.97 Å². The number of nitrogens with one attached hydrogen (secondary N) is 1. The number of aromatic nitrogens is 2. The van der Waals surface area contributed by atoms with Crippen molar-refractivity contribution < 1.29 is 4.79 Å². The van der Waals surface area contributed by atoms with Gasteiger partial charge >= 0.3 is 4.87 Å². The highest BCUT2D eigenvalue weighted by Gasteiger charge is 2.10. The van der Waals surface area contributed by atoms with Gasteiger partial charge in [-0.2, -0.15) is 0 Å². The topological polar surface area (TPSA) is 62.8 Å². The van der Waals surface area contributed by atoms with Crippen LogP contribution in [0.3, 0.4) is 0 Å². The summed E-state index contributed by atoms with van der Waals surface area (Å²) in [6.07, 6.45) is 3.17. The number of pyridine rings is 1. The van der Waals surface area contributed by atoms with Crippen molar-refractivity contribution in [3.63, 3.8) is 0 Å². The molecule has 0 fully saturated rings. The Labute approximate surface area is 106 Å². The number of thiazole rings is 1. The lowest BCUT2D eigenvalue weighted by Crippen LogP contribution is -2.00. The lowest BCUT2D eigenvalue weighted by molar-refractivity contribution is 0.103. The number of fused-ring (bicyclic) bond motifs is 1. The van der Waals surface area contributed by atoms with Gasteiger partial charge in [-0.05, 0) is 30.3 Å². The van der Waals surface area contributed by atoms with E-state index in [1.54, 1.807) is 42.7 Å². The zero-order chi connectivity index (χ0) is 12.5. The Bertz CT molecular complexity index is 774. The van der Waals surface area contributed by atoms with Gasteiger partial charge in [0.2, 0.25) is 0 Å². The van der Waals surface area contributed by atoms with E-state index in [9.17, 15) is 9.59 Å². The van der Waals surface area contributed by atoms with Crippen LogP contribution in [0.2, 0.25) is 0 Å². The van der Waals surface area contributed by atoms with Crippen LogP contribution in [-0.2, 0) is 0 Å². The summed E-state index contributed by atoms with van der Waals surface area (Å²) < 4.78 is 0.792. The Hall–Kier alpha value is -2.27. The molecule has 1 N–H and O–H groups in total. The van der Waals surface area contributed by atoms with Crippen molar-refractivity contribution in [2.45, 2.75) is 0 Å². The molecule has 0 spiro atoms. The molecular formula is C13H8N2O2S. The zero-order valence-corrected chi connectivity index (χ0v) is 10.0. The fourth-order valence-electron chi connectivity index (χ4n) is 1.76. The standard InChI is InChI=1S/C13H8N2O2S/c16-12(8-3-5-14-6-4-8)9-1-2-10-11(7-9)18-13(17)15-10/h1-7H,(H,15,17). The first-order valence-corrected chi connectivity index (χ1v) is 6.13. The first-order chi connectivity index (χ1) is 8.74. The van der Waals surface area contributed by atoms with Crippen molar-refractivity contribution in [3.8, 4) is 0 Å². The maximum Gasteiger partial charge on any atom is 0.305 e. The van der Waals surface area contributed by atoms with Crippen molar-refractivity contribution in [1.29, 1.82) is 0 Å².